The van der Waals surface area contributed by atoms with Gasteiger partial charge in [-0.3, -0.25) is 14.4 Å². The van der Waals surface area contributed by atoms with Crippen LogP contribution in [0.15, 0.2) is 0 Å². The van der Waals surface area contributed by atoms with Gasteiger partial charge < -0.3 is 15.1 Å². The molecular formula is C22H39N3O3. The molecule has 0 aromatic rings. The molecule has 4 atom stereocenters. The first kappa shape index (κ1) is 22.9. The summed E-state index contributed by atoms with van der Waals surface area (Å²) in [6, 6.07) is -0.690. The zero-order chi connectivity index (χ0) is 20.8. The van der Waals surface area contributed by atoms with E-state index in [0.29, 0.717) is 19.5 Å². The zero-order valence-electron chi connectivity index (χ0n) is 18.4. The fourth-order valence-electron chi connectivity index (χ4n) is 4.42. The highest BCUT2D eigenvalue weighted by Gasteiger charge is 2.43. The summed E-state index contributed by atoms with van der Waals surface area (Å²) in [6.07, 6.45) is 5.82. The zero-order valence-corrected chi connectivity index (χ0v) is 18.4. The van der Waals surface area contributed by atoms with E-state index in [1.807, 2.05) is 13.8 Å². The van der Waals surface area contributed by atoms with Crippen LogP contribution in [0.3, 0.4) is 0 Å². The maximum atomic E-state index is 13.3. The number of likely N-dealkylation sites (tertiary alicyclic amines) is 2. The van der Waals surface area contributed by atoms with Crippen molar-refractivity contribution in [2.24, 2.45) is 5.92 Å². The molecule has 0 radical (unpaired) electrons. The van der Waals surface area contributed by atoms with Gasteiger partial charge in [0.2, 0.25) is 11.8 Å². The first-order chi connectivity index (χ1) is 13.3. The molecule has 2 fully saturated rings. The van der Waals surface area contributed by atoms with Crippen molar-refractivity contribution in [1.82, 2.24) is 15.1 Å². The Morgan fingerprint density at radius 2 is 1.57 bits per heavy atom. The average molecular weight is 394 g/mol. The first-order valence-corrected chi connectivity index (χ1v) is 11.2. The van der Waals surface area contributed by atoms with Crippen molar-refractivity contribution >= 4 is 17.6 Å². The Bertz CT molecular complexity index is 563. The van der Waals surface area contributed by atoms with Crippen LogP contribution in [0.25, 0.3) is 0 Å². The van der Waals surface area contributed by atoms with Crippen LogP contribution >= 0.6 is 0 Å². The lowest BCUT2D eigenvalue weighted by Gasteiger charge is -2.34. The van der Waals surface area contributed by atoms with Crippen LogP contribution in [0.4, 0.5) is 0 Å². The summed E-state index contributed by atoms with van der Waals surface area (Å²) in [5, 5.41) is 3.44. The lowest BCUT2D eigenvalue weighted by atomic mass is 9.99. The number of carbonyl (C=O) groups excluding carboxylic acids is 3. The van der Waals surface area contributed by atoms with Gasteiger partial charge in [0.05, 0.1) is 12.1 Å². The summed E-state index contributed by atoms with van der Waals surface area (Å²) >= 11 is 0. The molecule has 0 aromatic heterocycles. The third-order valence-corrected chi connectivity index (χ3v) is 6.23. The second-order valence-electron chi connectivity index (χ2n) is 8.75. The van der Waals surface area contributed by atoms with Gasteiger partial charge in [0.1, 0.15) is 6.04 Å². The Morgan fingerprint density at radius 3 is 2.14 bits per heavy atom. The van der Waals surface area contributed by atoms with Gasteiger partial charge in [0.25, 0.3) is 0 Å². The standard InChI is InChI=1S/C22H39N3O3/c1-6-10-17(23-16(5)7-2)21(27)25-14-9-12-19(25)22(28)24-13-8-11-18(24)20(26)15(3)4/h15-19,23H,6-14H2,1-5H3. The molecule has 6 nitrogen and oxygen atoms in total. The quantitative estimate of drug-likeness (QED) is 0.654. The van der Waals surface area contributed by atoms with E-state index in [0.717, 1.165) is 38.5 Å². The second-order valence-corrected chi connectivity index (χ2v) is 8.75. The lowest BCUT2D eigenvalue weighted by molar-refractivity contribution is -0.147. The van der Waals surface area contributed by atoms with Crippen molar-refractivity contribution in [3.8, 4) is 0 Å². The van der Waals surface area contributed by atoms with Crippen LogP contribution in [0.1, 0.15) is 79.6 Å². The number of ketones is 1. The minimum Gasteiger partial charge on any atom is -0.331 e. The van der Waals surface area contributed by atoms with E-state index in [-0.39, 0.29) is 41.6 Å². The Kier molecular flexibility index (Phi) is 8.47. The predicted octanol–water partition coefficient (Wildman–Crippen LogP) is 2.75. The molecule has 4 unspecified atom stereocenters. The molecule has 28 heavy (non-hydrogen) atoms. The number of carbonyl (C=O) groups is 3. The molecule has 160 valence electrons. The summed E-state index contributed by atoms with van der Waals surface area (Å²) in [4.78, 5) is 42.7. The van der Waals surface area contributed by atoms with Gasteiger partial charge in [-0.05, 0) is 45.4 Å². The molecular weight excluding hydrogens is 354 g/mol. The number of Topliss-reactive ketones (excluding diaryl/α,β-unsaturated/α-hetero) is 1. The third kappa shape index (κ3) is 5.13. The lowest BCUT2D eigenvalue weighted by Crippen LogP contribution is -2.55. The maximum absolute atomic E-state index is 13.3. The molecule has 2 amide bonds. The predicted molar refractivity (Wildman–Crippen MR) is 111 cm³/mol. The van der Waals surface area contributed by atoms with Crippen LogP contribution < -0.4 is 5.32 Å². The van der Waals surface area contributed by atoms with Gasteiger partial charge in [-0.15, -0.1) is 0 Å². The molecule has 0 aliphatic carbocycles. The van der Waals surface area contributed by atoms with Gasteiger partial charge in [0.15, 0.2) is 5.78 Å². The molecule has 1 N–H and O–H groups in total. The highest BCUT2D eigenvalue weighted by atomic mass is 16.2. The summed E-state index contributed by atoms with van der Waals surface area (Å²) in [5.74, 6) is 0.0856. The van der Waals surface area contributed by atoms with Crippen molar-refractivity contribution in [3.05, 3.63) is 0 Å². The van der Waals surface area contributed by atoms with Crippen LogP contribution in [-0.2, 0) is 14.4 Å². The van der Waals surface area contributed by atoms with E-state index in [2.05, 4.69) is 26.1 Å². The van der Waals surface area contributed by atoms with Crippen LogP contribution in [0.2, 0.25) is 0 Å². The van der Waals surface area contributed by atoms with Crippen molar-refractivity contribution in [1.29, 1.82) is 0 Å². The summed E-state index contributed by atoms with van der Waals surface area (Å²) in [7, 11) is 0. The summed E-state index contributed by atoms with van der Waals surface area (Å²) in [6.45, 7) is 11.3. The van der Waals surface area contributed by atoms with Gasteiger partial charge in [-0.2, -0.15) is 0 Å². The topological polar surface area (TPSA) is 69.7 Å². The fourth-order valence-corrected chi connectivity index (χ4v) is 4.42. The molecule has 2 heterocycles. The van der Waals surface area contributed by atoms with Crippen LogP contribution in [-0.4, -0.2) is 64.7 Å². The van der Waals surface area contributed by atoms with Gasteiger partial charge in [-0.25, -0.2) is 0 Å². The molecule has 0 aromatic carbocycles. The second kappa shape index (κ2) is 10.4. The van der Waals surface area contributed by atoms with E-state index in [9.17, 15) is 14.4 Å². The molecule has 6 heteroatoms. The number of nitrogens with one attached hydrogen (secondary N) is 1. The van der Waals surface area contributed by atoms with Gasteiger partial charge >= 0.3 is 0 Å². The minimum atomic E-state index is -0.411. The fraction of sp³-hybridized carbons (Fsp3) is 0.864. The van der Waals surface area contributed by atoms with Crippen molar-refractivity contribution in [2.45, 2.75) is 104 Å². The van der Waals surface area contributed by atoms with Crippen LogP contribution in [0, 0.1) is 5.92 Å². The van der Waals surface area contributed by atoms with Gasteiger partial charge in [0, 0.05) is 25.0 Å². The van der Waals surface area contributed by atoms with E-state index in [4.69, 9.17) is 0 Å². The Hall–Kier alpha value is -1.43. The Balaban J connectivity index is 2.12. The van der Waals surface area contributed by atoms with E-state index in [1.165, 1.54) is 0 Å². The highest BCUT2D eigenvalue weighted by molar-refractivity contribution is 5.95. The van der Waals surface area contributed by atoms with Crippen LogP contribution in [0.5, 0.6) is 0 Å². The summed E-state index contributed by atoms with van der Waals surface area (Å²) in [5.41, 5.74) is 0. The normalized spacial score (nSPS) is 24.6. The number of hydrogen-bond acceptors (Lipinski definition) is 4. The number of amides is 2. The van der Waals surface area contributed by atoms with E-state index >= 15 is 0 Å². The average Bonchev–Trinajstić information content (AvgIpc) is 3.35. The third-order valence-electron chi connectivity index (χ3n) is 6.23. The molecule has 2 saturated heterocycles. The van der Waals surface area contributed by atoms with Crippen molar-refractivity contribution in [2.75, 3.05) is 13.1 Å². The monoisotopic (exact) mass is 393 g/mol. The van der Waals surface area contributed by atoms with Crippen molar-refractivity contribution in [3.63, 3.8) is 0 Å². The largest absolute Gasteiger partial charge is 0.331 e. The maximum Gasteiger partial charge on any atom is 0.245 e. The minimum absolute atomic E-state index is 0.0267. The van der Waals surface area contributed by atoms with Crippen molar-refractivity contribution < 1.29 is 14.4 Å². The molecule has 0 bridgehead atoms. The van der Waals surface area contributed by atoms with E-state index in [1.54, 1.807) is 9.80 Å². The van der Waals surface area contributed by atoms with E-state index < -0.39 is 6.04 Å². The number of nitrogens with zero attached hydrogens (tertiary/aromatic N) is 2. The highest BCUT2D eigenvalue weighted by Crippen LogP contribution is 2.27. The molecule has 2 rings (SSSR count). The Morgan fingerprint density at radius 1 is 0.964 bits per heavy atom. The SMILES string of the molecule is CCCC(NC(C)CC)C(=O)N1CCCC1C(=O)N1CCCC1C(=O)C(C)C. The molecule has 2 aliphatic heterocycles. The van der Waals surface area contributed by atoms with Gasteiger partial charge in [-0.1, -0.05) is 34.1 Å². The molecule has 0 spiro atoms. The number of rotatable bonds is 9. The molecule has 2 aliphatic rings. The summed E-state index contributed by atoms with van der Waals surface area (Å²) < 4.78 is 0. The number of hydrogen-bond donors (Lipinski definition) is 1. The molecule has 0 saturated carbocycles. The first-order valence-electron chi connectivity index (χ1n) is 11.2. The Labute approximate surface area is 170 Å². The smallest absolute Gasteiger partial charge is 0.245 e.